The van der Waals surface area contributed by atoms with Gasteiger partial charge in [-0.25, -0.2) is 0 Å². The van der Waals surface area contributed by atoms with Crippen molar-refractivity contribution in [2.75, 3.05) is 0 Å². The molecule has 1 N–H and O–H groups in total. The summed E-state index contributed by atoms with van der Waals surface area (Å²) >= 11 is 0. The number of hydrogen-bond acceptors (Lipinski definition) is 1. The van der Waals surface area contributed by atoms with Gasteiger partial charge < -0.3 is 5.11 Å². The van der Waals surface area contributed by atoms with Crippen molar-refractivity contribution in [3.63, 3.8) is 0 Å². The molecule has 7 atom stereocenters. The highest BCUT2D eigenvalue weighted by Crippen LogP contribution is 2.63. The predicted octanol–water partition coefficient (Wildman–Crippen LogP) is 7.47. The molecule has 1 saturated carbocycles. The normalized spacial score (nSPS) is 39.5. The molecule has 0 aromatic carbocycles. The maximum atomic E-state index is 11.1. The highest BCUT2D eigenvalue weighted by Gasteiger charge is 2.53. The first kappa shape index (κ1) is 21.4. The first-order valence-corrected chi connectivity index (χ1v) is 12.5. The van der Waals surface area contributed by atoms with Gasteiger partial charge in [-0.1, -0.05) is 65.3 Å². The van der Waals surface area contributed by atoms with Gasteiger partial charge in [-0.05, 0) is 103 Å². The molecule has 0 bridgehead atoms. The Morgan fingerprint density at radius 1 is 1.03 bits per heavy atom. The van der Waals surface area contributed by atoms with E-state index in [0.717, 1.165) is 12.3 Å². The van der Waals surface area contributed by atoms with Crippen LogP contribution in [-0.2, 0) is 0 Å². The molecule has 0 heterocycles. The van der Waals surface area contributed by atoms with E-state index in [-0.39, 0.29) is 6.10 Å². The van der Waals surface area contributed by atoms with Crippen LogP contribution >= 0.6 is 0 Å². The highest BCUT2D eigenvalue weighted by molar-refractivity contribution is 5.48. The first-order chi connectivity index (χ1) is 13.7. The number of hydrogen-bond donors (Lipinski definition) is 1. The van der Waals surface area contributed by atoms with E-state index in [2.05, 4.69) is 59.8 Å². The Labute approximate surface area is 179 Å². The molecule has 1 unspecified atom stereocenters. The minimum Gasteiger partial charge on any atom is -0.393 e. The molecule has 4 aliphatic rings. The minimum absolute atomic E-state index is 0.163. The van der Waals surface area contributed by atoms with E-state index in [1.807, 2.05) is 0 Å². The molecule has 0 aromatic rings. The van der Waals surface area contributed by atoms with Gasteiger partial charge in [-0.15, -0.1) is 0 Å². The number of allylic oxidation sites excluding steroid dienone is 6. The molecule has 0 radical (unpaired) electrons. The molecule has 1 heteroatoms. The molecule has 0 saturated heterocycles. The third-order valence-corrected chi connectivity index (χ3v) is 10.0. The lowest BCUT2D eigenvalue weighted by molar-refractivity contribution is 0.0222. The number of aliphatic hydroxyl groups is 1. The summed E-state index contributed by atoms with van der Waals surface area (Å²) < 4.78 is 0. The van der Waals surface area contributed by atoms with Crippen LogP contribution in [0.25, 0.3) is 0 Å². The first-order valence-electron chi connectivity index (χ1n) is 12.5. The van der Waals surface area contributed by atoms with Gasteiger partial charge in [-0.3, -0.25) is 0 Å². The van der Waals surface area contributed by atoms with Crippen molar-refractivity contribution in [3.8, 4) is 0 Å². The SMILES string of the molecule is CC(C)[C@@H](C)CC(O)[C@@H](C)[C@H]1CCC2=C3C=CC4=CCCC[C@]4(C)[C@H]3CC[C@@]21C. The fourth-order valence-electron chi connectivity index (χ4n) is 7.52. The number of aliphatic hydroxyl groups excluding tert-OH is 1. The van der Waals surface area contributed by atoms with E-state index < -0.39 is 0 Å². The minimum atomic E-state index is -0.163. The lowest BCUT2D eigenvalue weighted by Gasteiger charge is -2.51. The van der Waals surface area contributed by atoms with E-state index in [1.54, 1.807) is 16.7 Å². The van der Waals surface area contributed by atoms with Crippen molar-refractivity contribution in [2.24, 2.45) is 40.4 Å². The molecular weight excluding hydrogens is 352 g/mol. The molecule has 29 heavy (non-hydrogen) atoms. The largest absolute Gasteiger partial charge is 0.393 e. The zero-order chi connectivity index (χ0) is 21.0. The predicted molar refractivity (Wildman–Crippen MR) is 124 cm³/mol. The maximum absolute atomic E-state index is 11.1. The average Bonchev–Trinajstić information content (AvgIpc) is 3.03. The highest BCUT2D eigenvalue weighted by atomic mass is 16.3. The van der Waals surface area contributed by atoms with Gasteiger partial charge in [0.25, 0.3) is 0 Å². The van der Waals surface area contributed by atoms with Gasteiger partial charge in [0.15, 0.2) is 0 Å². The molecule has 0 spiro atoms. The Kier molecular flexibility index (Phi) is 5.69. The Balaban J connectivity index is 1.61. The lowest BCUT2D eigenvalue weighted by atomic mass is 9.53. The van der Waals surface area contributed by atoms with Crippen molar-refractivity contribution >= 4 is 0 Å². The summed E-state index contributed by atoms with van der Waals surface area (Å²) in [5.74, 6) is 2.99. The van der Waals surface area contributed by atoms with E-state index >= 15 is 0 Å². The van der Waals surface area contributed by atoms with Crippen molar-refractivity contribution in [3.05, 3.63) is 34.9 Å². The molecule has 0 aliphatic heterocycles. The quantitative estimate of drug-likeness (QED) is 0.511. The van der Waals surface area contributed by atoms with Gasteiger partial charge in [0.05, 0.1) is 6.10 Å². The van der Waals surface area contributed by atoms with Crippen LogP contribution in [0.4, 0.5) is 0 Å². The molecule has 4 aliphatic carbocycles. The van der Waals surface area contributed by atoms with Crippen LogP contribution in [0.1, 0.15) is 92.9 Å². The zero-order valence-corrected chi connectivity index (χ0v) is 19.8. The smallest absolute Gasteiger partial charge is 0.0571 e. The number of fused-ring (bicyclic) bond motifs is 4. The summed E-state index contributed by atoms with van der Waals surface area (Å²) in [6.45, 7) is 14.3. The fraction of sp³-hybridized carbons (Fsp3) is 0.786. The molecular formula is C28H44O. The third kappa shape index (κ3) is 3.40. The van der Waals surface area contributed by atoms with Crippen LogP contribution in [0.3, 0.4) is 0 Å². The van der Waals surface area contributed by atoms with Crippen LogP contribution in [-0.4, -0.2) is 11.2 Å². The Bertz CT molecular complexity index is 725. The van der Waals surface area contributed by atoms with Crippen molar-refractivity contribution in [1.82, 2.24) is 0 Å². The lowest BCUT2D eigenvalue weighted by Crippen LogP contribution is -2.42. The van der Waals surface area contributed by atoms with Crippen molar-refractivity contribution in [1.29, 1.82) is 0 Å². The maximum Gasteiger partial charge on any atom is 0.0571 e. The topological polar surface area (TPSA) is 20.2 Å². The standard InChI is InChI=1S/C28H44O/c1-18(2)19(3)17-26(29)20(4)23-12-13-24-22-11-10-21-9-7-8-15-27(21,5)25(22)14-16-28(23,24)6/h9-11,18-20,23,25-26,29H,7-8,12-17H2,1-6H3/t19-,20-,23+,25-,26?,27-,28+/m0/s1. The molecule has 1 nitrogen and oxygen atoms in total. The van der Waals surface area contributed by atoms with Crippen LogP contribution in [0.15, 0.2) is 34.9 Å². The van der Waals surface area contributed by atoms with Crippen molar-refractivity contribution < 1.29 is 5.11 Å². The second kappa shape index (κ2) is 7.70. The van der Waals surface area contributed by atoms with Crippen LogP contribution in [0.5, 0.6) is 0 Å². The summed E-state index contributed by atoms with van der Waals surface area (Å²) in [5, 5.41) is 11.1. The zero-order valence-electron chi connectivity index (χ0n) is 19.8. The summed E-state index contributed by atoms with van der Waals surface area (Å²) in [7, 11) is 0. The van der Waals surface area contributed by atoms with Crippen LogP contribution in [0, 0.1) is 40.4 Å². The van der Waals surface area contributed by atoms with Crippen LogP contribution < -0.4 is 0 Å². The number of rotatable bonds is 5. The summed E-state index contributed by atoms with van der Waals surface area (Å²) in [5.41, 5.74) is 5.73. The molecule has 0 aromatic heterocycles. The van der Waals surface area contributed by atoms with Gasteiger partial charge in [0, 0.05) is 0 Å². The van der Waals surface area contributed by atoms with Gasteiger partial charge in [-0.2, -0.15) is 0 Å². The van der Waals surface area contributed by atoms with Crippen LogP contribution in [0.2, 0.25) is 0 Å². The van der Waals surface area contributed by atoms with E-state index in [0.29, 0.717) is 34.5 Å². The Hall–Kier alpha value is -0.820. The van der Waals surface area contributed by atoms with E-state index in [4.69, 9.17) is 0 Å². The summed E-state index contributed by atoms with van der Waals surface area (Å²) in [4.78, 5) is 0. The van der Waals surface area contributed by atoms with Gasteiger partial charge in [0.2, 0.25) is 0 Å². The van der Waals surface area contributed by atoms with E-state index in [1.165, 1.54) is 44.9 Å². The summed E-state index contributed by atoms with van der Waals surface area (Å²) in [6, 6.07) is 0. The second-order valence-corrected chi connectivity index (χ2v) is 11.8. The Morgan fingerprint density at radius 2 is 1.79 bits per heavy atom. The van der Waals surface area contributed by atoms with E-state index in [9.17, 15) is 5.11 Å². The molecule has 4 rings (SSSR count). The Morgan fingerprint density at radius 3 is 2.52 bits per heavy atom. The monoisotopic (exact) mass is 396 g/mol. The second-order valence-electron chi connectivity index (χ2n) is 11.8. The van der Waals surface area contributed by atoms with Gasteiger partial charge in [0.1, 0.15) is 0 Å². The molecule has 1 fully saturated rings. The summed E-state index contributed by atoms with van der Waals surface area (Å²) in [6.07, 6.45) is 17.4. The molecule has 0 amide bonds. The average molecular weight is 397 g/mol. The fourth-order valence-corrected chi connectivity index (χ4v) is 7.52. The molecule has 162 valence electrons. The van der Waals surface area contributed by atoms with Gasteiger partial charge >= 0.3 is 0 Å². The van der Waals surface area contributed by atoms with Crippen molar-refractivity contribution in [2.45, 2.75) is 99.0 Å². The third-order valence-electron chi connectivity index (χ3n) is 10.0.